The molecule has 1 aromatic carbocycles. The molecule has 1 aliphatic heterocycles. The van der Waals surface area contributed by atoms with E-state index >= 15 is 0 Å². The molecule has 0 amide bonds. The summed E-state index contributed by atoms with van der Waals surface area (Å²) in [7, 11) is 0. The van der Waals surface area contributed by atoms with E-state index in [9.17, 15) is 0 Å². The highest BCUT2D eigenvalue weighted by atomic mass is 15.3. The van der Waals surface area contributed by atoms with E-state index in [0.717, 1.165) is 38.2 Å². The van der Waals surface area contributed by atoms with E-state index in [0.29, 0.717) is 11.8 Å². The maximum absolute atomic E-state index is 4.43. The summed E-state index contributed by atoms with van der Waals surface area (Å²) in [6.45, 7) is 5.35. The third-order valence-electron chi connectivity index (χ3n) is 3.98. The number of nitrogens with one attached hydrogen (secondary N) is 2. The predicted molar refractivity (Wildman–Crippen MR) is 94.4 cm³/mol. The van der Waals surface area contributed by atoms with Crippen molar-refractivity contribution in [2.24, 2.45) is 0 Å². The van der Waals surface area contributed by atoms with Gasteiger partial charge in [-0.15, -0.1) is 5.10 Å². The number of aromatic nitrogens is 3. The van der Waals surface area contributed by atoms with Gasteiger partial charge in [-0.2, -0.15) is 10.1 Å². The van der Waals surface area contributed by atoms with Gasteiger partial charge in [0.2, 0.25) is 5.95 Å². The van der Waals surface area contributed by atoms with Crippen molar-refractivity contribution < 1.29 is 0 Å². The number of unbranched alkanes of at least 4 members (excludes halogenated alkanes) is 1. The van der Waals surface area contributed by atoms with Crippen LogP contribution in [0, 0.1) is 0 Å². The highest BCUT2D eigenvalue weighted by Crippen LogP contribution is 2.23. The molecule has 2 heterocycles. The van der Waals surface area contributed by atoms with Crippen LogP contribution < -0.4 is 15.5 Å². The third kappa shape index (κ3) is 4.31. The molecular formula is C17H24N6. The maximum atomic E-state index is 4.43. The first-order chi connectivity index (χ1) is 11.3. The van der Waals surface area contributed by atoms with E-state index in [1.165, 1.54) is 18.5 Å². The molecule has 6 nitrogen and oxygen atoms in total. The molecular weight excluding hydrogens is 288 g/mol. The van der Waals surface area contributed by atoms with Gasteiger partial charge in [-0.05, 0) is 43.5 Å². The second-order valence-electron chi connectivity index (χ2n) is 5.81. The van der Waals surface area contributed by atoms with Gasteiger partial charge in [0.05, 0.1) is 6.20 Å². The average molecular weight is 312 g/mol. The van der Waals surface area contributed by atoms with Crippen LogP contribution in [-0.4, -0.2) is 34.8 Å². The molecule has 122 valence electrons. The Balaban J connectivity index is 1.61. The standard InChI is InChI=1S/C17H24N6/c1-2-3-10-18-17-21-16(13-19-22-17)20-14-6-8-15(9-7-14)23-11-4-5-12-23/h6-9,13H,2-5,10-12H2,1H3,(H2,18,20,21,22). The molecule has 23 heavy (non-hydrogen) atoms. The molecule has 1 saturated heterocycles. The summed E-state index contributed by atoms with van der Waals surface area (Å²) in [6.07, 6.45) is 6.46. The van der Waals surface area contributed by atoms with Crippen molar-refractivity contribution in [2.75, 3.05) is 35.2 Å². The van der Waals surface area contributed by atoms with Crippen LogP contribution in [0.5, 0.6) is 0 Å². The van der Waals surface area contributed by atoms with Gasteiger partial charge in [-0.1, -0.05) is 13.3 Å². The topological polar surface area (TPSA) is 66.0 Å². The van der Waals surface area contributed by atoms with Crippen LogP contribution in [0.3, 0.4) is 0 Å². The van der Waals surface area contributed by atoms with Gasteiger partial charge in [0.1, 0.15) is 0 Å². The van der Waals surface area contributed by atoms with E-state index < -0.39 is 0 Å². The van der Waals surface area contributed by atoms with Crippen molar-refractivity contribution in [1.82, 2.24) is 15.2 Å². The number of hydrogen-bond donors (Lipinski definition) is 2. The van der Waals surface area contributed by atoms with Crippen LogP contribution in [0.1, 0.15) is 32.6 Å². The Morgan fingerprint density at radius 3 is 2.65 bits per heavy atom. The number of nitrogens with zero attached hydrogens (tertiary/aromatic N) is 4. The SMILES string of the molecule is CCCCNc1nncc(Nc2ccc(N3CCCC3)cc2)n1. The van der Waals surface area contributed by atoms with Gasteiger partial charge < -0.3 is 15.5 Å². The number of hydrogen-bond acceptors (Lipinski definition) is 6. The maximum Gasteiger partial charge on any atom is 0.244 e. The van der Waals surface area contributed by atoms with Crippen molar-refractivity contribution >= 4 is 23.1 Å². The molecule has 2 aromatic rings. The summed E-state index contributed by atoms with van der Waals surface area (Å²) < 4.78 is 0. The zero-order chi connectivity index (χ0) is 15.9. The fraction of sp³-hybridized carbons (Fsp3) is 0.471. The van der Waals surface area contributed by atoms with Crippen LogP contribution >= 0.6 is 0 Å². The van der Waals surface area contributed by atoms with Crippen LogP contribution in [-0.2, 0) is 0 Å². The second kappa shape index (κ2) is 7.76. The Morgan fingerprint density at radius 2 is 1.91 bits per heavy atom. The van der Waals surface area contributed by atoms with Crippen molar-refractivity contribution in [2.45, 2.75) is 32.6 Å². The lowest BCUT2D eigenvalue weighted by Gasteiger charge is -2.17. The zero-order valence-electron chi connectivity index (χ0n) is 13.6. The number of benzene rings is 1. The Morgan fingerprint density at radius 1 is 1.13 bits per heavy atom. The molecule has 0 radical (unpaired) electrons. The molecule has 0 aliphatic carbocycles. The summed E-state index contributed by atoms with van der Waals surface area (Å²) in [5, 5.41) is 14.5. The summed E-state index contributed by atoms with van der Waals surface area (Å²) in [5.74, 6) is 1.27. The highest BCUT2D eigenvalue weighted by molar-refractivity contribution is 5.61. The van der Waals surface area contributed by atoms with Crippen LogP contribution in [0.15, 0.2) is 30.5 Å². The normalized spacial score (nSPS) is 14.0. The van der Waals surface area contributed by atoms with Gasteiger partial charge >= 0.3 is 0 Å². The van der Waals surface area contributed by atoms with Gasteiger partial charge in [0, 0.05) is 31.0 Å². The molecule has 1 aliphatic rings. The molecule has 0 bridgehead atoms. The minimum Gasteiger partial charge on any atom is -0.372 e. The Kier molecular flexibility index (Phi) is 5.24. The molecule has 0 atom stereocenters. The third-order valence-corrected chi connectivity index (χ3v) is 3.98. The quantitative estimate of drug-likeness (QED) is 0.764. The summed E-state index contributed by atoms with van der Waals surface area (Å²) in [4.78, 5) is 6.86. The molecule has 0 saturated carbocycles. The van der Waals surface area contributed by atoms with Gasteiger partial charge in [-0.25, -0.2) is 0 Å². The van der Waals surface area contributed by atoms with Crippen molar-refractivity contribution in [3.63, 3.8) is 0 Å². The van der Waals surface area contributed by atoms with Crippen molar-refractivity contribution in [3.05, 3.63) is 30.5 Å². The average Bonchev–Trinajstić information content (AvgIpc) is 3.11. The molecule has 0 spiro atoms. The minimum absolute atomic E-state index is 0.567. The molecule has 2 N–H and O–H groups in total. The fourth-order valence-electron chi connectivity index (χ4n) is 2.69. The first kappa shape index (κ1) is 15.5. The smallest absolute Gasteiger partial charge is 0.244 e. The van der Waals surface area contributed by atoms with Crippen molar-refractivity contribution in [3.8, 4) is 0 Å². The van der Waals surface area contributed by atoms with Gasteiger partial charge in [0.15, 0.2) is 5.82 Å². The predicted octanol–water partition coefficient (Wildman–Crippen LogP) is 3.43. The molecule has 1 fully saturated rings. The van der Waals surface area contributed by atoms with E-state index in [1.54, 1.807) is 6.20 Å². The monoisotopic (exact) mass is 312 g/mol. The van der Waals surface area contributed by atoms with E-state index in [4.69, 9.17) is 0 Å². The second-order valence-corrected chi connectivity index (χ2v) is 5.81. The van der Waals surface area contributed by atoms with E-state index in [2.05, 4.69) is 61.9 Å². The molecule has 1 aromatic heterocycles. The summed E-state index contributed by atoms with van der Waals surface area (Å²) >= 11 is 0. The number of anilines is 4. The molecule has 3 rings (SSSR count). The number of rotatable bonds is 7. The Bertz CT molecular complexity index is 607. The van der Waals surface area contributed by atoms with Crippen LogP contribution in [0.25, 0.3) is 0 Å². The zero-order valence-corrected chi connectivity index (χ0v) is 13.6. The van der Waals surface area contributed by atoms with Crippen molar-refractivity contribution in [1.29, 1.82) is 0 Å². The molecule has 6 heteroatoms. The Labute approximate surface area is 137 Å². The first-order valence-electron chi connectivity index (χ1n) is 8.41. The summed E-state index contributed by atoms with van der Waals surface area (Å²) in [6, 6.07) is 8.48. The largest absolute Gasteiger partial charge is 0.372 e. The van der Waals surface area contributed by atoms with E-state index in [1.807, 2.05) is 0 Å². The highest BCUT2D eigenvalue weighted by Gasteiger charge is 2.11. The lowest BCUT2D eigenvalue weighted by Crippen LogP contribution is -2.17. The van der Waals surface area contributed by atoms with Crippen LogP contribution in [0.4, 0.5) is 23.1 Å². The fourth-order valence-corrected chi connectivity index (χ4v) is 2.69. The minimum atomic E-state index is 0.567. The lowest BCUT2D eigenvalue weighted by molar-refractivity contribution is 0.819. The van der Waals surface area contributed by atoms with E-state index in [-0.39, 0.29) is 0 Å². The molecule has 0 unspecified atom stereocenters. The first-order valence-corrected chi connectivity index (χ1v) is 8.41. The Hall–Kier alpha value is -2.37. The van der Waals surface area contributed by atoms with Gasteiger partial charge in [-0.3, -0.25) is 0 Å². The lowest BCUT2D eigenvalue weighted by atomic mass is 10.2. The van der Waals surface area contributed by atoms with Gasteiger partial charge in [0.25, 0.3) is 0 Å². The van der Waals surface area contributed by atoms with Crippen LogP contribution in [0.2, 0.25) is 0 Å². The summed E-state index contributed by atoms with van der Waals surface area (Å²) in [5.41, 5.74) is 2.30.